The largest absolute Gasteiger partial charge is 0.508 e. The van der Waals surface area contributed by atoms with E-state index in [0.29, 0.717) is 5.69 Å². The molecule has 0 saturated heterocycles. The summed E-state index contributed by atoms with van der Waals surface area (Å²) in [5.74, 6) is 0.707. The van der Waals surface area contributed by atoms with Crippen LogP contribution >= 0.6 is 0 Å². The lowest BCUT2D eigenvalue weighted by molar-refractivity contribution is -0.111. The zero-order valence-electron chi connectivity index (χ0n) is 11.0. The molecule has 4 heteroatoms. The molecule has 4 nitrogen and oxygen atoms in total. The topological polar surface area (TPSA) is 58.6 Å². The molecular weight excluding hydrogens is 254 g/mol. The number of anilines is 1. The number of methoxy groups -OCH3 is 1. The summed E-state index contributed by atoms with van der Waals surface area (Å²) in [6.07, 6.45) is 3.17. The number of ether oxygens (including phenoxy) is 1. The van der Waals surface area contributed by atoms with E-state index in [0.717, 1.165) is 11.3 Å². The molecule has 0 aliphatic carbocycles. The first-order chi connectivity index (χ1) is 9.67. The van der Waals surface area contributed by atoms with Gasteiger partial charge in [-0.2, -0.15) is 0 Å². The average Bonchev–Trinajstić information content (AvgIpc) is 2.48. The van der Waals surface area contributed by atoms with Crippen molar-refractivity contribution in [2.75, 3.05) is 12.4 Å². The summed E-state index contributed by atoms with van der Waals surface area (Å²) < 4.78 is 5.06. The Labute approximate surface area is 117 Å². The van der Waals surface area contributed by atoms with Crippen LogP contribution in [0.3, 0.4) is 0 Å². The molecule has 0 radical (unpaired) electrons. The number of hydrogen-bond acceptors (Lipinski definition) is 3. The molecule has 0 fully saturated rings. The fourth-order valence-electron chi connectivity index (χ4n) is 1.62. The van der Waals surface area contributed by atoms with Crippen LogP contribution in [-0.2, 0) is 4.79 Å². The second kappa shape index (κ2) is 6.43. The molecule has 1 amide bonds. The molecule has 0 unspecified atom stereocenters. The molecule has 0 aliphatic heterocycles. The first kappa shape index (κ1) is 13.7. The van der Waals surface area contributed by atoms with E-state index in [9.17, 15) is 4.79 Å². The minimum atomic E-state index is -0.230. The van der Waals surface area contributed by atoms with Gasteiger partial charge in [0, 0.05) is 11.8 Å². The number of phenolic OH excluding ortho intramolecular Hbond substituents is 1. The number of rotatable bonds is 4. The zero-order valence-corrected chi connectivity index (χ0v) is 11.0. The monoisotopic (exact) mass is 269 g/mol. The highest BCUT2D eigenvalue weighted by atomic mass is 16.5. The Morgan fingerprint density at radius 1 is 1.10 bits per heavy atom. The number of carbonyl (C=O) groups is 1. The van der Waals surface area contributed by atoms with Gasteiger partial charge in [0.2, 0.25) is 5.91 Å². The van der Waals surface area contributed by atoms with Crippen LogP contribution in [0.5, 0.6) is 11.5 Å². The smallest absolute Gasteiger partial charge is 0.248 e. The Kier molecular flexibility index (Phi) is 4.39. The van der Waals surface area contributed by atoms with E-state index >= 15 is 0 Å². The summed E-state index contributed by atoms with van der Waals surface area (Å²) in [4.78, 5) is 11.7. The predicted molar refractivity (Wildman–Crippen MR) is 78.8 cm³/mol. The van der Waals surface area contributed by atoms with Gasteiger partial charge in [-0.3, -0.25) is 4.79 Å². The molecule has 0 saturated carbocycles. The van der Waals surface area contributed by atoms with Gasteiger partial charge in [-0.15, -0.1) is 0 Å². The molecule has 2 N–H and O–H groups in total. The van der Waals surface area contributed by atoms with E-state index in [-0.39, 0.29) is 11.7 Å². The Bertz CT molecular complexity index is 601. The van der Waals surface area contributed by atoms with Gasteiger partial charge in [0.1, 0.15) is 11.5 Å². The Morgan fingerprint density at radius 2 is 1.75 bits per heavy atom. The van der Waals surface area contributed by atoms with Crippen LogP contribution in [0.4, 0.5) is 5.69 Å². The first-order valence-electron chi connectivity index (χ1n) is 6.09. The van der Waals surface area contributed by atoms with E-state index in [2.05, 4.69) is 5.32 Å². The van der Waals surface area contributed by atoms with E-state index in [4.69, 9.17) is 9.84 Å². The van der Waals surface area contributed by atoms with Crippen molar-refractivity contribution < 1.29 is 14.6 Å². The molecular formula is C16H15NO3. The summed E-state index contributed by atoms with van der Waals surface area (Å²) in [5.41, 5.74) is 1.54. The molecule has 20 heavy (non-hydrogen) atoms. The normalized spacial score (nSPS) is 10.4. The van der Waals surface area contributed by atoms with Crippen LogP contribution in [0.1, 0.15) is 5.56 Å². The number of hydrogen-bond donors (Lipinski definition) is 2. The maximum absolute atomic E-state index is 11.7. The third-order valence-corrected chi connectivity index (χ3v) is 2.68. The summed E-state index contributed by atoms with van der Waals surface area (Å²) in [6.45, 7) is 0. The van der Waals surface area contributed by atoms with Gasteiger partial charge in [-0.1, -0.05) is 12.1 Å². The SMILES string of the molecule is COc1ccc(C=CC(=O)Nc2ccc(O)cc2)cc1. The summed E-state index contributed by atoms with van der Waals surface area (Å²) in [6, 6.07) is 13.7. The zero-order chi connectivity index (χ0) is 14.4. The van der Waals surface area contributed by atoms with Crippen molar-refractivity contribution in [3.05, 3.63) is 60.2 Å². The predicted octanol–water partition coefficient (Wildman–Crippen LogP) is 3.05. The van der Waals surface area contributed by atoms with Crippen LogP contribution in [0.15, 0.2) is 54.6 Å². The summed E-state index contributed by atoms with van der Waals surface area (Å²) in [5, 5.41) is 11.8. The van der Waals surface area contributed by atoms with E-state index in [1.807, 2.05) is 24.3 Å². The van der Waals surface area contributed by atoms with Gasteiger partial charge in [0.25, 0.3) is 0 Å². The van der Waals surface area contributed by atoms with Gasteiger partial charge in [-0.25, -0.2) is 0 Å². The van der Waals surface area contributed by atoms with Gasteiger partial charge >= 0.3 is 0 Å². The standard InChI is InChI=1S/C16H15NO3/c1-20-15-9-2-12(3-10-15)4-11-16(19)17-13-5-7-14(18)8-6-13/h2-11,18H,1H3,(H,17,19). The molecule has 0 bridgehead atoms. The number of benzene rings is 2. The maximum Gasteiger partial charge on any atom is 0.248 e. The van der Waals surface area contributed by atoms with Gasteiger partial charge in [-0.05, 0) is 48.0 Å². The summed E-state index contributed by atoms with van der Waals surface area (Å²) in [7, 11) is 1.61. The van der Waals surface area contributed by atoms with Crippen molar-refractivity contribution in [3.8, 4) is 11.5 Å². The van der Waals surface area contributed by atoms with Crippen LogP contribution in [0.25, 0.3) is 6.08 Å². The van der Waals surface area contributed by atoms with E-state index in [1.165, 1.54) is 18.2 Å². The Morgan fingerprint density at radius 3 is 2.35 bits per heavy atom. The third kappa shape index (κ3) is 3.88. The lowest BCUT2D eigenvalue weighted by Gasteiger charge is -2.02. The number of amides is 1. The minimum absolute atomic E-state index is 0.164. The molecule has 102 valence electrons. The number of carbonyl (C=O) groups excluding carboxylic acids is 1. The van der Waals surface area contributed by atoms with Crippen molar-refractivity contribution >= 4 is 17.7 Å². The fourth-order valence-corrected chi connectivity index (χ4v) is 1.62. The van der Waals surface area contributed by atoms with Gasteiger partial charge in [0.15, 0.2) is 0 Å². The van der Waals surface area contributed by atoms with Crippen molar-refractivity contribution in [1.82, 2.24) is 0 Å². The first-order valence-corrected chi connectivity index (χ1v) is 6.09. The lowest BCUT2D eigenvalue weighted by atomic mass is 10.2. The van der Waals surface area contributed by atoms with E-state index in [1.54, 1.807) is 25.3 Å². The van der Waals surface area contributed by atoms with Gasteiger partial charge < -0.3 is 15.2 Å². The van der Waals surface area contributed by atoms with Crippen LogP contribution in [-0.4, -0.2) is 18.1 Å². The number of aromatic hydroxyl groups is 1. The second-order valence-corrected chi connectivity index (χ2v) is 4.14. The molecule has 0 heterocycles. The molecule has 0 aliphatic rings. The van der Waals surface area contributed by atoms with Crippen LogP contribution in [0.2, 0.25) is 0 Å². The highest BCUT2D eigenvalue weighted by Crippen LogP contribution is 2.14. The molecule has 0 spiro atoms. The van der Waals surface area contributed by atoms with Gasteiger partial charge in [0.05, 0.1) is 7.11 Å². The van der Waals surface area contributed by atoms with Crippen molar-refractivity contribution in [2.24, 2.45) is 0 Å². The number of nitrogens with one attached hydrogen (secondary N) is 1. The Balaban J connectivity index is 1.96. The van der Waals surface area contributed by atoms with E-state index < -0.39 is 0 Å². The van der Waals surface area contributed by atoms with Crippen molar-refractivity contribution in [2.45, 2.75) is 0 Å². The molecule has 0 atom stereocenters. The van der Waals surface area contributed by atoms with Crippen LogP contribution < -0.4 is 10.1 Å². The lowest BCUT2D eigenvalue weighted by Crippen LogP contribution is -2.07. The highest BCUT2D eigenvalue weighted by Gasteiger charge is 1.98. The molecule has 2 rings (SSSR count). The quantitative estimate of drug-likeness (QED) is 0.662. The Hall–Kier alpha value is -2.75. The molecule has 0 aromatic heterocycles. The van der Waals surface area contributed by atoms with Crippen molar-refractivity contribution in [1.29, 1.82) is 0 Å². The average molecular weight is 269 g/mol. The van der Waals surface area contributed by atoms with Crippen LogP contribution in [0, 0.1) is 0 Å². The highest BCUT2D eigenvalue weighted by molar-refractivity contribution is 6.01. The summed E-state index contributed by atoms with van der Waals surface area (Å²) >= 11 is 0. The molecule has 2 aromatic rings. The molecule has 2 aromatic carbocycles. The maximum atomic E-state index is 11.7. The fraction of sp³-hybridized carbons (Fsp3) is 0.0625. The van der Waals surface area contributed by atoms with Crippen molar-refractivity contribution in [3.63, 3.8) is 0 Å². The number of phenols is 1. The third-order valence-electron chi connectivity index (χ3n) is 2.68. The second-order valence-electron chi connectivity index (χ2n) is 4.14. The minimum Gasteiger partial charge on any atom is -0.508 e.